The van der Waals surface area contributed by atoms with Crippen LogP contribution < -0.4 is 0 Å². The van der Waals surface area contributed by atoms with Gasteiger partial charge in [0.25, 0.3) is 0 Å². The summed E-state index contributed by atoms with van der Waals surface area (Å²) >= 11 is 14.3. The molecule has 9 aromatic heterocycles. The molecule has 6 aliphatic rings. The van der Waals surface area contributed by atoms with Crippen LogP contribution in [0.2, 0.25) is 0 Å². The van der Waals surface area contributed by atoms with Gasteiger partial charge in [0, 0.05) is 146 Å². The van der Waals surface area contributed by atoms with Crippen molar-refractivity contribution in [1.82, 2.24) is 145 Å². The second-order valence-electron chi connectivity index (χ2n) is 40.1. The van der Waals surface area contributed by atoms with Crippen LogP contribution in [0.15, 0.2) is 80.5 Å². The molecule has 9 aromatic rings. The predicted molar refractivity (Wildman–Crippen MR) is 616 cm³/mol. The molecule has 0 radical (unpaired) electrons. The predicted octanol–water partition coefficient (Wildman–Crippen LogP) is 28.9. The number of nitrogens with zero attached hydrogens (tertiary/aromatic N) is 30. The molecule has 0 unspecified atom stereocenters. The minimum absolute atomic E-state index is 0.339. The summed E-state index contributed by atoms with van der Waals surface area (Å²) in [4.78, 5) is 34.1. The summed E-state index contributed by atoms with van der Waals surface area (Å²) in [7, 11) is 12.2. The van der Waals surface area contributed by atoms with Crippen molar-refractivity contribution in [2.75, 3.05) is 42.3 Å². The summed E-state index contributed by atoms with van der Waals surface area (Å²) in [5.74, 6) is 10.8. The highest BCUT2D eigenvalue weighted by atomic mass is 32.2. The van der Waals surface area contributed by atoms with Crippen molar-refractivity contribution in [2.45, 2.75) is 443 Å². The van der Waals surface area contributed by atoms with E-state index in [0.717, 1.165) is 77.4 Å². The van der Waals surface area contributed by atoms with E-state index >= 15 is 0 Å². The number of aryl methyl sites for hydroxylation is 9. The number of hydrogen-bond donors (Lipinski definition) is 0. The van der Waals surface area contributed by atoms with Crippen LogP contribution in [0.25, 0.3) is 0 Å². The highest BCUT2D eigenvalue weighted by Crippen LogP contribution is 2.39. The molecule has 0 amide bonds. The van der Waals surface area contributed by atoms with Gasteiger partial charge in [0.2, 0.25) is 17.7 Å². The average molecular weight is 2220 g/mol. The number of hydrazine groups is 4. The lowest BCUT2D eigenvalue weighted by Crippen LogP contribution is -2.38. The van der Waals surface area contributed by atoms with Gasteiger partial charge in [-0.05, 0) is 309 Å². The zero-order valence-electron chi connectivity index (χ0n) is 100. The van der Waals surface area contributed by atoms with Crippen LogP contribution in [0.3, 0.4) is 0 Å². The van der Waals surface area contributed by atoms with Crippen molar-refractivity contribution >= 4 is 105 Å². The fourth-order valence-electron chi connectivity index (χ4n) is 13.0. The monoisotopic (exact) mass is 2220 g/mol. The first-order valence-electron chi connectivity index (χ1n) is 50.5. The number of rotatable bonds is 15. The highest BCUT2D eigenvalue weighted by Gasteiger charge is 2.31. The van der Waals surface area contributed by atoms with Gasteiger partial charge in [-0.15, -0.1) is 41.9 Å². The Morgan fingerprint density at radius 1 is 0.340 bits per heavy atom. The Labute approximate surface area is 922 Å². The van der Waals surface area contributed by atoms with Crippen molar-refractivity contribution in [3.63, 3.8) is 0 Å². The molecule has 36 nitrogen and oxygen atoms in total. The molecule has 15 rings (SSSR count). The Morgan fingerprint density at radius 2 is 0.898 bits per heavy atom. The van der Waals surface area contributed by atoms with Gasteiger partial charge in [-0.3, -0.25) is 19.3 Å². The fourth-order valence-corrected chi connectivity index (χ4v) is 19.9. The summed E-state index contributed by atoms with van der Waals surface area (Å²) in [5.41, 5.74) is 16.5. The van der Waals surface area contributed by atoms with E-state index in [0.29, 0.717) is 113 Å². The Bertz CT molecular complexity index is 4850. The zero-order valence-corrected chi connectivity index (χ0v) is 108. The number of hydrogen-bond acceptors (Lipinski definition) is 45. The van der Waals surface area contributed by atoms with E-state index in [1.165, 1.54) is 123 Å². The van der Waals surface area contributed by atoms with Crippen LogP contribution in [-0.2, 0) is 14.6 Å². The van der Waals surface area contributed by atoms with Crippen molar-refractivity contribution < 1.29 is 28.2 Å². The Hall–Kier alpha value is -7.93. The minimum Gasteiger partial charge on any atom is -0.425 e. The van der Waals surface area contributed by atoms with Crippen molar-refractivity contribution in [2.24, 2.45) is 0 Å². The average Bonchev–Trinajstić information content (AvgIpc) is 1.96. The third kappa shape index (κ3) is 47.1. The molecule has 0 bridgehead atoms. The molecule has 0 N–H and O–H groups in total. The van der Waals surface area contributed by atoms with E-state index in [4.69, 9.17) is 23.6 Å². The molecule has 0 saturated carbocycles. The molecule has 15 heterocycles. The molecule has 45 heteroatoms. The van der Waals surface area contributed by atoms with Gasteiger partial charge in [-0.1, -0.05) is 159 Å². The van der Waals surface area contributed by atoms with E-state index in [1.54, 1.807) is 52.6 Å². The standard InChI is InChI=1S/3C8H16N2O.3C8H16N2S.3C6H10N2O.6C6H10N2S/c1-6(2)10-7(3)8(4)11-9(10)5;1-6(2)10-9(5)7(3)8(4)11-10;1-6(2)10-8(4)7(3)9(5)11-10;1-6(2)10-7(3)8(4)11-9(10)5;1-6(2)10-9(5)7(3)8(4)11-10;1-6(2)10-8(4)7(3)9(5)11-10;1-4(2)6-8-7-5(3)9-6;1-4(2)6-7-5(3)8-9-6;1-4(2)6-5(3)7-9-8-6;1-4(2)6-8-7-5(3)9-6;1-4(2)6-7-5(3)9-8-6;1-4(2)6-7-5(3)8-9-6;1-4(2)6-5(3)9-8-7-6;1-4(2)6-5(3)7-8-9-6;1-4(2)6-5(3)7-9-8-6/h6*6H,1-5H3;9*4H,1-3H3. The highest BCUT2D eigenvalue weighted by molar-refractivity contribution is 8.01. The van der Waals surface area contributed by atoms with Crippen LogP contribution in [0.4, 0.5) is 0 Å². The maximum absolute atomic E-state index is 5.49. The molecule has 834 valence electrons. The van der Waals surface area contributed by atoms with E-state index in [2.05, 4.69) is 402 Å². The first-order valence-corrected chi connectivity index (χ1v) is 57.5. The van der Waals surface area contributed by atoms with Gasteiger partial charge in [-0.25, -0.2) is 24.7 Å². The first-order chi connectivity index (χ1) is 68.1. The summed E-state index contributed by atoms with van der Waals surface area (Å²) in [5, 5.41) is 54.7. The quantitative estimate of drug-likeness (QED) is 0.0860. The Balaban J connectivity index is 0.000000788. The first kappa shape index (κ1) is 137. The van der Waals surface area contributed by atoms with E-state index in [-0.39, 0.29) is 0 Å². The Kier molecular flexibility index (Phi) is 62.9. The Morgan fingerprint density at radius 3 is 1.10 bits per heavy atom. The smallest absolute Gasteiger partial charge is 0.229 e. The SMILES string of the molecule is CC1=C(C)N(C(C)C)N(C)O1.CC1=C(C)N(C(C)C)N(C)S1.CC1=C(C)N(C(C)C)ON1C.CC1=C(C)N(C(C)C)SN1C.CC1=C(C)N(C)N(C(C)C)O1.CC1=C(C)N(C)N(C(C)C)S1.Cc1nc(C(C)C)ns1.Cc1nnc(C(C)C)o1.Cc1nnc(C(C)C)s1.Cc1nnsc1C(C)C.Cc1noc(C(C)C)n1.Cc1nonc1C(C)C.Cc1nsc(C(C)C)n1.Cc1nsnc1C(C)C.Cc1snnc1C(C)C. The number of allylic oxidation sites excluding steroid dienone is 12. The topological polar surface area (TPSA) is 338 Å². The molecule has 0 fully saturated rings. The third-order valence-electron chi connectivity index (χ3n) is 21.9. The fraction of sp³-hybridized carbons (Fsp3) is 0.706. The molecule has 147 heavy (non-hydrogen) atoms. The van der Waals surface area contributed by atoms with Gasteiger partial charge < -0.3 is 27.9 Å². The van der Waals surface area contributed by atoms with Crippen LogP contribution in [0.5, 0.6) is 0 Å². The summed E-state index contributed by atoms with van der Waals surface area (Å²) in [6.07, 6.45) is 0. The van der Waals surface area contributed by atoms with Gasteiger partial charge >= 0.3 is 0 Å². The third-order valence-corrected chi connectivity index (χ3v) is 31.0. The van der Waals surface area contributed by atoms with Crippen molar-refractivity contribution in [3.05, 3.63) is 166 Å². The largest absolute Gasteiger partial charge is 0.425 e. The van der Waals surface area contributed by atoms with Gasteiger partial charge in [0.05, 0.1) is 86.4 Å². The maximum atomic E-state index is 5.49. The van der Waals surface area contributed by atoms with Crippen LogP contribution >= 0.6 is 105 Å². The second kappa shape index (κ2) is 67.5. The summed E-state index contributed by atoms with van der Waals surface area (Å²) in [6.45, 7) is 106. The lowest BCUT2D eigenvalue weighted by molar-refractivity contribution is -0.267. The van der Waals surface area contributed by atoms with Crippen LogP contribution in [-0.4, -0.2) is 224 Å². The van der Waals surface area contributed by atoms with Gasteiger partial charge in [-0.2, -0.15) is 36.2 Å². The molecule has 0 saturated heterocycles. The van der Waals surface area contributed by atoms with Crippen LogP contribution in [0, 0.1) is 62.3 Å². The maximum Gasteiger partial charge on any atom is 0.229 e. The molecular formula is C102H186N30O6S9. The van der Waals surface area contributed by atoms with Gasteiger partial charge in [0.1, 0.15) is 54.6 Å². The lowest BCUT2D eigenvalue weighted by atomic mass is 10.1. The van der Waals surface area contributed by atoms with Crippen LogP contribution in [0.1, 0.15) is 443 Å². The minimum atomic E-state index is 0.339. The van der Waals surface area contributed by atoms with E-state index in [1.807, 2.05) is 138 Å². The van der Waals surface area contributed by atoms with Crippen molar-refractivity contribution in [1.29, 1.82) is 0 Å². The normalized spacial score (nSPS) is 14.8. The number of hydroxylamine groups is 6. The lowest BCUT2D eigenvalue weighted by Gasteiger charge is -2.30. The second-order valence-corrected chi connectivity index (χ2v) is 48.9. The van der Waals surface area contributed by atoms with Crippen molar-refractivity contribution in [3.8, 4) is 0 Å². The molecule has 0 aromatic carbocycles. The molecule has 0 aliphatic carbocycles. The summed E-state index contributed by atoms with van der Waals surface area (Å²) < 4.78 is 47.6. The summed E-state index contributed by atoms with van der Waals surface area (Å²) in [6, 6.07) is 2.95. The molecule has 0 spiro atoms. The molecule has 0 atom stereocenters. The zero-order chi connectivity index (χ0) is 113. The molecular weight excluding hydrogens is 2030 g/mol. The van der Waals surface area contributed by atoms with E-state index < -0.39 is 0 Å². The molecule has 6 aliphatic heterocycles. The van der Waals surface area contributed by atoms with Gasteiger partial charge in [0.15, 0.2) is 5.82 Å². The van der Waals surface area contributed by atoms with E-state index in [9.17, 15) is 0 Å². The number of aromatic nitrogens is 18.